The van der Waals surface area contributed by atoms with Gasteiger partial charge in [0.1, 0.15) is 17.8 Å². The number of esters is 3. The number of fused-ring (bicyclic) bond motifs is 5. The van der Waals surface area contributed by atoms with Crippen LogP contribution < -0.4 is 5.32 Å². The van der Waals surface area contributed by atoms with E-state index in [2.05, 4.69) is 5.32 Å². The summed E-state index contributed by atoms with van der Waals surface area (Å²) >= 11 is 0. The van der Waals surface area contributed by atoms with E-state index in [4.69, 9.17) is 14.2 Å². The summed E-state index contributed by atoms with van der Waals surface area (Å²) in [7, 11) is 1.22. The van der Waals surface area contributed by atoms with Crippen LogP contribution in [0.25, 0.3) is 0 Å². The van der Waals surface area contributed by atoms with Gasteiger partial charge in [-0.1, -0.05) is 52.3 Å². The molecule has 1 heterocycles. The fourth-order valence-electron chi connectivity index (χ4n) is 13.1. The maximum Gasteiger partial charge on any atom is 0.351 e. The Balaban J connectivity index is 1.26. The quantitative estimate of drug-likeness (QED) is 0.0721. The molecule has 1 aliphatic heterocycles. The normalized spacial score (nSPS) is 46.4. The number of methoxy groups -OCH3 is 1. The van der Waals surface area contributed by atoms with Gasteiger partial charge < -0.3 is 50.2 Å². The molecule has 2 saturated carbocycles. The highest BCUT2D eigenvalue weighted by Crippen LogP contribution is 2.71. The summed E-state index contributed by atoms with van der Waals surface area (Å²) in [5.41, 5.74) is -9.21. The Bertz CT molecular complexity index is 1820. The van der Waals surface area contributed by atoms with Crippen molar-refractivity contribution in [1.29, 1.82) is 0 Å². The van der Waals surface area contributed by atoms with E-state index in [1.54, 1.807) is 47.6 Å². The Kier molecular flexibility index (Phi) is 16.1. The van der Waals surface area contributed by atoms with Crippen LogP contribution in [0.2, 0.25) is 0 Å². The number of aliphatic hydroxyl groups is 6. The SMILES string of the molecule is CC[C@H]1OC(=O)[C@H](C)[C@@H](O)[C@H](C)[C@@H](O)[C@](C)(O)C[C@@H](C)CN(CCCNCCC(=O)O[C@]2(C(=O)OC)[C@H](C)CC3C4CC=C5CC(=O)C=C[C@]5(C)[C@@]4(F)[C@@H](O)C[C@@]32C)[C@H](C)[C@@H](O)[C@]1(C)O. The van der Waals surface area contributed by atoms with Crippen molar-refractivity contribution >= 4 is 23.7 Å². The molecule has 15 nitrogen and oxygen atoms in total. The van der Waals surface area contributed by atoms with Crippen LogP contribution in [0.1, 0.15) is 121 Å². The third-order valence-electron chi connectivity index (χ3n) is 17.0. The average Bonchev–Trinajstić information content (AvgIpc) is 3.46. The van der Waals surface area contributed by atoms with Crippen molar-refractivity contribution in [3.63, 3.8) is 0 Å². The highest BCUT2D eigenvalue weighted by atomic mass is 19.1. The lowest BCUT2D eigenvalue weighted by atomic mass is 9.45. The highest BCUT2D eigenvalue weighted by Gasteiger charge is 2.77. The topological polar surface area (TPSA) is 233 Å². The number of nitrogens with zero attached hydrogens (tertiary/aromatic N) is 1. The van der Waals surface area contributed by atoms with Gasteiger partial charge in [0.05, 0.1) is 43.4 Å². The maximum atomic E-state index is 17.8. The second-order valence-corrected chi connectivity index (χ2v) is 21.4. The first-order valence-electron chi connectivity index (χ1n) is 23.8. The van der Waals surface area contributed by atoms with Crippen LogP contribution in [0.5, 0.6) is 0 Å². The van der Waals surface area contributed by atoms with Crippen LogP contribution in [-0.2, 0) is 33.4 Å². The first-order chi connectivity index (χ1) is 30.1. The minimum absolute atomic E-state index is 0.0817. The summed E-state index contributed by atoms with van der Waals surface area (Å²) in [6.07, 6.45) is -0.728. The predicted octanol–water partition coefficient (Wildman–Crippen LogP) is 3.34. The van der Waals surface area contributed by atoms with E-state index in [1.165, 1.54) is 34.0 Å². The number of hydrogen-bond acceptors (Lipinski definition) is 15. The molecule has 370 valence electrons. The summed E-state index contributed by atoms with van der Waals surface area (Å²) in [5, 5.41) is 72.3. The summed E-state index contributed by atoms with van der Waals surface area (Å²) in [6, 6.07) is -0.677. The van der Waals surface area contributed by atoms with Gasteiger partial charge in [0.2, 0.25) is 5.60 Å². The van der Waals surface area contributed by atoms with Crippen molar-refractivity contribution in [3.05, 3.63) is 23.8 Å². The molecule has 7 N–H and O–H groups in total. The van der Waals surface area contributed by atoms with Gasteiger partial charge in [-0.25, -0.2) is 9.18 Å². The van der Waals surface area contributed by atoms with E-state index >= 15 is 4.39 Å². The minimum atomic E-state index is -2.12. The molecule has 0 amide bonds. The van der Waals surface area contributed by atoms with Gasteiger partial charge in [0, 0.05) is 54.1 Å². The molecule has 0 aromatic carbocycles. The van der Waals surface area contributed by atoms with E-state index in [0.717, 1.165) is 0 Å². The number of allylic oxidation sites excluding steroid dienone is 4. The number of nitrogens with one attached hydrogen (secondary N) is 1. The van der Waals surface area contributed by atoms with E-state index in [1.807, 2.05) is 17.9 Å². The molecule has 2 unspecified atom stereocenters. The number of alkyl halides is 1. The average molecular weight is 923 g/mol. The summed E-state index contributed by atoms with van der Waals surface area (Å²) in [6.45, 7) is 17.9. The van der Waals surface area contributed by atoms with Crippen LogP contribution >= 0.6 is 0 Å². The third kappa shape index (κ3) is 9.25. The van der Waals surface area contributed by atoms with Crippen LogP contribution in [-0.4, -0.2) is 152 Å². The lowest BCUT2D eigenvalue weighted by Gasteiger charge is -2.62. The first kappa shape index (κ1) is 53.1. The van der Waals surface area contributed by atoms with Gasteiger partial charge in [-0.05, 0) is 104 Å². The minimum Gasteiger partial charge on any atom is -0.466 e. The monoisotopic (exact) mass is 923 g/mol. The molecule has 3 fully saturated rings. The number of carbonyl (C=O) groups is 4. The van der Waals surface area contributed by atoms with Crippen molar-refractivity contribution in [1.82, 2.24) is 10.2 Å². The predicted molar refractivity (Wildman–Crippen MR) is 238 cm³/mol. The number of ketones is 1. The number of carbonyl (C=O) groups excluding carboxylic acids is 4. The molecular formula is C49H79FN2O13. The maximum absolute atomic E-state index is 17.8. The summed E-state index contributed by atoms with van der Waals surface area (Å²) in [4.78, 5) is 55.3. The second kappa shape index (κ2) is 19.6. The largest absolute Gasteiger partial charge is 0.466 e. The number of aliphatic hydroxyl groups excluding tert-OH is 4. The van der Waals surface area contributed by atoms with E-state index in [9.17, 15) is 49.8 Å². The Labute approximate surface area is 384 Å². The number of ether oxygens (including phenoxy) is 3. The first-order valence-corrected chi connectivity index (χ1v) is 23.8. The Hall–Kier alpha value is -2.83. The van der Waals surface area contributed by atoms with Crippen LogP contribution in [0.4, 0.5) is 4.39 Å². The summed E-state index contributed by atoms with van der Waals surface area (Å²) in [5.74, 6) is -6.35. The van der Waals surface area contributed by atoms with Gasteiger partial charge in [0.15, 0.2) is 11.5 Å². The molecular weight excluding hydrogens is 844 g/mol. The molecule has 5 rings (SSSR count). The van der Waals surface area contributed by atoms with Crippen LogP contribution in [0.3, 0.4) is 0 Å². The van der Waals surface area contributed by atoms with Gasteiger partial charge in [-0.3, -0.25) is 19.3 Å². The third-order valence-corrected chi connectivity index (χ3v) is 17.0. The Morgan fingerprint density at radius 2 is 1.63 bits per heavy atom. The molecule has 0 radical (unpaired) electrons. The Morgan fingerprint density at radius 1 is 0.969 bits per heavy atom. The molecule has 18 atom stereocenters. The van der Waals surface area contributed by atoms with Gasteiger partial charge in [-0.15, -0.1) is 0 Å². The molecule has 0 bridgehead atoms. The number of rotatable bonds is 10. The smallest absolute Gasteiger partial charge is 0.351 e. The van der Waals surface area contributed by atoms with Crippen LogP contribution in [0, 0.1) is 46.3 Å². The van der Waals surface area contributed by atoms with Crippen molar-refractivity contribution in [2.24, 2.45) is 46.3 Å². The Morgan fingerprint density at radius 3 is 2.26 bits per heavy atom. The van der Waals surface area contributed by atoms with E-state index < -0.39 is 117 Å². The molecule has 16 heteroatoms. The zero-order valence-electron chi connectivity index (χ0n) is 40.5. The second-order valence-electron chi connectivity index (χ2n) is 21.4. The van der Waals surface area contributed by atoms with Crippen molar-refractivity contribution in [2.75, 3.05) is 33.3 Å². The van der Waals surface area contributed by atoms with E-state index in [0.29, 0.717) is 38.0 Å². The standard InChI is InChI=1S/C49H79FN2O13/c1-12-37-47(10,62)41(58)31(6)52(26-27(2)24-46(9,61)40(57)29(4)39(56)30(5)42(59)64-37)21-13-19-51-20-17-38(55)65-49(43(60)63-11)28(3)22-35-34-15-14-32-23-33(53)16-18-44(32,7)48(34,50)36(54)25-45(35,49)8/h14,16,18,27-31,34-37,39-41,51,54,56-58,61-62H,12-13,15,17,19-26H2,1-11H3/t27-,28-,29+,30-,31-,34?,35?,36+,37-,39+,40-,41-,44+,45+,46-,47-,48+,49+/m1/s1. The molecule has 65 heavy (non-hydrogen) atoms. The highest BCUT2D eigenvalue weighted by molar-refractivity contribution is 5.93. The lowest BCUT2D eigenvalue weighted by molar-refractivity contribution is -0.232. The van der Waals surface area contributed by atoms with Crippen molar-refractivity contribution in [3.8, 4) is 0 Å². The number of hydrogen-bond donors (Lipinski definition) is 7. The molecule has 0 aromatic rings. The van der Waals surface area contributed by atoms with E-state index in [-0.39, 0.29) is 56.8 Å². The van der Waals surface area contributed by atoms with Gasteiger partial charge in [0.25, 0.3) is 0 Å². The van der Waals surface area contributed by atoms with Gasteiger partial charge >= 0.3 is 17.9 Å². The van der Waals surface area contributed by atoms with Gasteiger partial charge in [-0.2, -0.15) is 0 Å². The molecule has 0 spiro atoms. The zero-order valence-corrected chi connectivity index (χ0v) is 40.5. The zero-order chi connectivity index (χ0) is 48.8. The number of halogens is 1. The lowest BCUT2D eigenvalue weighted by Crippen LogP contribution is -2.69. The molecule has 4 aliphatic carbocycles. The molecule has 0 aromatic heterocycles. The van der Waals surface area contributed by atoms with Crippen LogP contribution in [0.15, 0.2) is 23.8 Å². The fourth-order valence-corrected chi connectivity index (χ4v) is 13.1. The van der Waals surface area contributed by atoms with Crippen molar-refractivity contribution in [2.45, 2.75) is 180 Å². The number of cyclic esters (lactones) is 1. The molecule has 5 aliphatic rings. The molecule has 1 saturated heterocycles. The summed E-state index contributed by atoms with van der Waals surface area (Å²) < 4.78 is 35.1. The van der Waals surface area contributed by atoms with Crippen molar-refractivity contribution < 1.29 is 68.4 Å². The fraction of sp³-hybridized carbons (Fsp3) is 0.837.